The lowest BCUT2D eigenvalue weighted by atomic mass is 10.1. The first-order chi connectivity index (χ1) is 9.32. The maximum Gasteiger partial charge on any atom is 0.281 e. The van der Waals surface area contributed by atoms with Crippen LogP contribution in [0.15, 0.2) is 24.3 Å². The van der Waals surface area contributed by atoms with Crippen LogP contribution in [0.2, 0.25) is 0 Å². The zero-order chi connectivity index (χ0) is 15.3. The van der Waals surface area contributed by atoms with Gasteiger partial charge in [-0.25, -0.2) is 0 Å². The minimum absolute atomic E-state index is 0.0617. The van der Waals surface area contributed by atoms with E-state index in [2.05, 4.69) is 0 Å². The van der Waals surface area contributed by atoms with Crippen molar-refractivity contribution in [2.24, 2.45) is 0 Å². The van der Waals surface area contributed by atoms with Crippen molar-refractivity contribution in [3.8, 4) is 0 Å². The molecule has 0 saturated heterocycles. The van der Waals surface area contributed by atoms with Crippen molar-refractivity contribution in [2.75, 3.05) is 26.7 Å². The quantitative estimate of drug-likeness (QED) is 0.831. The predicted molar refractivity (Wildman–Crippen MR) is 80.6 cm³/mol. The maximum absolute atomic E-state index is 12.3. The van der Waals surface area contributed by atoms with E-state index in [9.17, 15) is 13.5 Å². The molecule has 0 radical (unpaired) electrons. The largest absolute Gasteiger partial charge is 0.387 e. The van der Waals surface area contributed by atoms with Gasteiger partial charge in [-0.3, -0.25) is 0 Å². The van der Waals surface area contributed by atoms with Crippen molar-refractivity contribution in [2.45, 2.75) is 26.9 Å². The van der Waals surface area contributed by atoms with Gasteiger partial charge < -0.3 is 5.11 Å². The molecule has 0 aliphatic heterocycles. The third-order valence-electron chi connectivity index (χ3n) is 3.36. The molecule has 0 spiro atoms. The number of rotatable bonds is 7. The normalized spacial score (nSPS) is 13.9. The lowest BCUT2D eigenvalue weighted by Gasteiger charge is -2.27. The third kappa shape index (κ3) is 4.02. The molecule has 1 aromatic carbocycles. The summed E-state index contributed by atoms with van der Waals surface area (Å²) < 4.78 is 27.1. The Balaban J connectivity index is 2.86. The molecule has 0 aliphatic rings. The summed E-state index contributed by atoms with van der Waals surface area (Å²) in [5.41, 5.74) is 1.83. The molecule has 5 nitrogen and oxygen atoms in total. The molecule has 1 atom stereocenters. The summed E-state index contributed by atoms with van der Waals surface area (Å²) in [4.78, 5) is 0. The average Bonchev–Trinajstić information content (AvgIpc) is 2.43. The van der Waals surface area contributed by atoms with Crippen LogP contribution in [0.25, 0.3) is 0 Å². The summed E-state index contributed by atoms with van der Waals surface area (Å²) >= 11 is 0. The van der Waals surface area contributed by atoms with Crippen LogP contribution in [0.1, 0.15) is 31.1 Å². The molecule has 0 unspecified atom stereocenters. The molecular weight excluding hydrogens is 276 g/mol. The van der Waals surface area contributed by atoms with Gasteiger partial charge in [0, 0.05) is 26.7 Å². The van der Waals surface area contributed by atoms with E-state index in [1.54, 1.807) is 13.8 Å². The van der Waals surface area contributed by atoms with E-state index in [1.165, 1.54) is 15.7 Å². The third-order valence-corrected chi connectivity index (χ3v) is 5.46. The van der Waals surface area contributed by atoms with E-state index < -0.39 is 16.3 Å². The molecule has 20 heavy (non-hydrogen) atoms. The molecule has 0 aromatic heterocycles. The van der Waals surface area contributed by atoms with Crippen molar-refractivity contribution in [1.29, 1.82) is 0 Å². The standard InChI is InChI=1S/C14H24N2O3S/c1-5-15(4)20(18,19)16(6-2)11-14(17)13-9-7-12(3)8-10-13/h7-10,14,17H,5-6,11H2,1-4H3/t14-/m1/s1. The Kier molecular flexibility index (Phi) is 6.13. The van der Waals surface area contributed by atoms with Gasteiger partial charge in [-0.2, -0.15) is 17.0 Å². The summed E-state index contributed by atoms with van der Waals surface area (Å²) in [7, 11) is -1.97. The lowest BCUT2D eigenvalue weighted by molar-refractivity contribution is 0.146. The molecular formula is C14H24N2O3S. The van der Waals surface area contributed by atoms with Crippen molar-refractivity contribution in [3.63, 3.8) is 0 Å². The number of hydrogen-bond donors (Lipinski definition) is 1. The monoisotopic (exact) mass is 300 g/mol. The Morgan fingerprint density at radius 3 is 2.15 bits per heavy atom. The summed E-state index contributed by atoms with van der Waals surface area (Å²) in [6, 6.07) is 7.46. The van der Waals surface area contributed by atoms with Crippen LogP contribution in [0.3, 0.4) is 0 Å². The number of aryl methyl sites for hydroxylation is 1. The smallest absolute Gasteiger partial charge is 0.281 e. The maximum atomic E-state index is 12.3. The van der Waals surface area contributed by atoms with E-state index >= 15 is 0 Å². The number of aliphatic hydroxyl groups excluding tert-OH is 1. The summed E-state index contributed by atoms with van der Waals surface area (Å²) in [5.74, 6) is 0. The summed E-state index contributed by atoms with van der Waals surface area (Å²) in [6.45, 7) is 6.31. The first-order valence-corrected chi connectivity index (χ1v) is 8.18. The second-order valence-corrected chi connectivity index (χ2v) is 6.83. The van der Waals surface area contributed by atoms with Gasteiger partial charge in [0.2, 0.25) is 0 Å². The predicted octanol–water partition coefficient (Wildman–Crippen LogP) is 1.55. The van der Waals surface area contributed by atoms with Gasteiger partial charge in [-0.1, -0.05) is 43.7 Å². The number of benzene rings is 1. The van der Waals surface area contributed by atoms with Crippen LogP contribution in [-0.4, -0.2) is 48.8 Å². The average molecular weight is 300 g/mol. The number of hydrogen-bond acceptors (Lipinski definition) is 3. The minimum atomic E-state index is -3.51. The molecule has 0 bridgehead atoms. The van der Waals surface area contributed by atoms with Gasteiger partial charge in [0.25, 0.3) is 10.2 Å². The first-order valence-electron chi connectivity index (χ1n) is 6.79. The Morgan fingerprint density at radius 1 is 1.15 bits per heavy atom. The fraction of sp³-hybridized carbons (Fsp3) is 0.571. The van der Waals surface area contributed by atoms with Gasteiger partial charge in [-0.15, -0.1) is 0 Å². The Morgan fingerprint density at radius 2 is 1.70 bits per heavy atom. The highest BCUT2D eigenvalue weighted by atomic mass is 32.2. The van der Waals surface area contributed by atoms with Gasteiger partial charge >= 0.3 is 0 Å². The highest BCUT2D eigenvalue weighted by molar-refractivity contribution is 7.86. The molecule has 0 aliphatic carbocycles. The van der Waals surface area contributed by atoms with Crippen LogP contribution in [-0.2, 0) is 10.2 Å². The van der Waals surface area contributed by atoms with Crippen LogP contribution in [0.5, 0.6) is 0 Å². The van der Waals surface area contributed by atoms with Crippen LogP contribution in [0.4, 0.5) is 0 Å². The Hall–Kier alpha value is -0.950. The molecule has 0 amide bonds. The topological polar surface area (TPSA) is 60.9 Å². The fourth-order valence-corrected chi connectivity index (χ4v) is 3.21. The second-order valence-electron chi connectivity index (χ2n) is 4.80. The Labute approximate surface area is 122 Å². The van der Waals surface area contributed by atoms with E-state index in [0.29, 0.717) is 13.1 Å². The van der Waals surface area contributed by atoms with Crippen molar-refractivity contribution >= 4 is 10.2 Å². The number of nitrogens with zero attached hydrogens (tertiary/aromatic N) is 2. The van der Waals surface area contributed by atoms with Gasteiger partial charge in [0.05, 0.1) is 6.10 Å². The highest BCUT2D eigenvalue weighted by Gasteiger charge is 2.26. The van der Waals surface area contributed by atoms with E-state index in [-0.39, 0.29) is 6.54 Å². The fourth-order valence-electron chi connectivity index (χ4n) is 1.83. The molecule has 1 rings (SSSR count). The summed E-state index contributed by atoms with van der Waals surface area (Å²) in [6.07, 6.45) is -0.824. The van der Waals surface area contributed by atoms with Crippen molar-refractivity contribution < 1.29 is 13.5 Å². The van der Waals surface area contributed by atoms with E-state index in [0.717, 1.165) is 11.1 Å². The minimum Gasteiger partial charge on any atom is -0.387 e. The van der Waals surface area contributed by atoms with Crippen molar-refractivity contribution in [1.82, 2.24) is 8.61 Å². The van der Waals surface area contributed by atoms with E-state index in [1.807, 2.05) is 31.2 Å². The molecule has 0 heterocycles. The molecule has 0 saturated carbocycles. The highest BCUT2D eigenvalue weighted by Crippen LogP contribution is 2.17. The SMILES string of the molecule is CCN(C)S(=O)(=O)N(CC)C[C@@H](O)c1ccc(C)cc1. The van der Waals surface area contributed by atoms with Gasteiger partial charge in [0.15, 0.2) is 0 Å². The lowest BCUT2D eigenvalue weighted by Crippen LogP contribution is -2.43. The second kappa shape index (κ2) is 7.17. The van der Waals surface area contributed by atoms with E-state index in [4.69, 9.17) is 0 Å². The van der Waals surface area contributed by atoms with Gasteiger partial charge in [0.1, 0.15) is 0 Å². The van der Waals surface area contributed by atoms with Crippen LogP contribution < -0.4 is 0 Å². The zero-order valence-electron chi connectivity index (χ0n) is 12.6. The van der Waals surface area contributed by atoms with Gasteiger partial charge in [-0.05, 0) is 12.5 Å². The van der Waals surface area contributed by atoms with Crippen molar-refractivity contribution in [3.05, 3.63) is 35.4 Å². The Bertz CT molecular complexity index is 514. The molecule has 6 heteroatoms. The zero-order valence-corrected chi connectivity index (χ0v) is 13.4. The van der Waals surface area contributed by atoms with Crippen LogP contribution in [0, 0.1) is 6.92 Å². The summed E-state index contributed by atoms with van der Waals surface area (Å²) in [5, 5.41) is 10.2. The molecule has 1 aromatic rings. The molecule has 1 N–H and O–H groups in total. The number of likely N-dealkylation sites (N-methyl/N-ethyl adjacent to an activating group) is 1. The molecule has 114 valence electrons. The van der Waals surface area contributed by atoms with Crippen LogP contribution >= 0.6 is 0 Å². The first kappa shape index (κ1) is 17.1. The molecule has 0 fully saturated rings. The number of aliphatic hydroxyl groups is 1.